The van der Waals surface area contributed by atoms with Crippen LogP contribution in [-0.2, 0) is 11.3 Å². The predicted octanol–water partition coefficient (Wildman–Crippen LogP) is 2.09. The largest absolute Gasteiger partial charge is 0.435 e. The quantitative estimate of drug-likeness (QED) is 0.162. The third kappa shape index (κ3) is 2.95. The highest BCUT2D eigenvalue weighted by Gasteiger charge is 2.29. The SMILES string of the molecule is O=C(Cn1ccnc1[N+](=O)[O-])Oc1c(F)c(F)c(F)c(F)c1F. The van der Waals surface area contributed by atoms with Gasteiger partial charge in [-0.05, 0) is 4.92 Å². The number of nitrogens with zero attached hydrogens (tertiary/aromatic N) is 3. The van der Waals surface area contributed by atoms with E-state index in [0.717, 1.165) is 12.4 Å². The van der Waals surface area contributed by atoms with Gasteiger partial charge in [0.05, 0.1) is 0 Å². The second-order valence-corrected chi connectivity index (χ2v) is 3.99. The average molecular weight is 337 g/mol. The molecule has 0 amide bonds. The number of hydrogen-bond acceptors (Lipinski definition) is 5. The molecule has 2 rings (SSSR count). The maximum atomic E-state index is 13.3. The van der Waals surface area contributed by atoms with Crippen molar-refractivity contribution >= 4 is 11.9 Å². The summed E-state index contributed by atoms with van der Waals surface area (Å²) >= 11 is 0. The summed E-state index contributed by atoms with van der Waals surface area (Å²) in [5, 5.41) is 10.6. The minimum atomic E-state index is -2.41. The number of carbonyl (C=O) groups is 1. The Hall–Kier alpha value is -3.05. The van der Waals surface area contributed by atoms with E-state index in [2.05, 4.69) is 9.72 Å². The Kier molecular flexibility index (Phi) is 4.24. The topological polar surface area (TPSA) is 87.3 Å². The van der Waals surface area contributed by atoms with Crippen molar-refractivity contribution in [3.63, 3.8) is 0 Å². The number of benzene rings is 1. The number of aromatic nitrogens is 2. The Labute approximate surface area is 123 Å². The van der Waals surface area contributed by atoms with Crippen molar-refractivity contribution in [3.05, 3.63) is 51.6 Å². The summed E-state index contributed by atoms with van der Waals surface area (Å²) in [6, 6.07) is 0. The molecule has 0 atom stereocenters. The van der Waals surface area contributed by atoms with Crippen molar-refractivity contribution in [1.29, 1.82) is 0 Å². The van der Waals surface area contributed by atoms with Gasteiger partial charge < -0.3 is 14.9 Å². The predicted molar refractivity (Wildman–Crippen MR) is 60.7 cm³/mol. The van der Waals surface area contributed by atoms with Crippen molar-refractivity contribution in [2.75, 3.05) is 0 Å². The number of hydrogen-bond donors (Lipinski definition) is 0. The van der Waals surface area contributed by atoms with E-state index in [9.17, 15) is 36.9 Å². The first-order valence-electron chi connectivity index (χ1n) is 5.61. The summed E-state index contributed by atoms with van der Waals surface area (Å²) in [6.45, 7) is -0.935. The Morgan fingerprint density at radius 3 is 2.17 bits per heavy atom. The average Bonchev–Trinajstić information content (AvgIpc) is 2.96. The van der Waals surface area contributed by atoms with Crippen molar-refractivity contribution in [2.45, 2.75) is 6.54 Å². The first-order chi connectivity index (χ1) is 10.7. The summed E-state index contributed by atoms with van der Waals surface area (Å²) in [4.78, 5) is 24.4. The van der Waals surface area contributed by atoms with Crippen LogP contribution in [0, 0.1) is 39.2 Å². The van der Waals surface area contributed by atoms with Crippen LogP contribution in [0.1, 0.15) is 0 Å². The Bertz CT molecular complexity index is 778. The molecule has 0 saturated heterocycles. The van der Waals surface area contributed by atoms with Crippen LogP contribution < -0.4 is 4.74 Å². The molecule has 7 nitrogen and oxygen atoms in total. The summed E-state index contributed by atoms with van der Waals surface area (Å²) in [7, 11) is 0. The summed E-state index contributed by atoms with van der Waals surface area (Å²) < 4.78 is 70.1. The molecule has 0 aliphatic carbocycles. The van der Waals surface area contributed by atoms with Gasteiger partial charge in [0.2, 0.25) is 34.8 Å². The van der Waals surface area contributed by atoms with Crippen LogP contribution in [0.4, 0.5) is 27.9 Å². The van der Waals surface area contributed by atoms with Gasteiger partial charge in [0, 0.05) is 0 Å². The normalized spacial score (nSPS) is 10.7. The molecule has 1 aromatic carbocycles. The second-order valence-electron chi connectivity index (χ2n) is 3.99. The number of rotatable bonds is 4. The van der Waals surface area contributed by atoms with Gasteiger partial charge in [0.1, 0.15) is 12.4 Å². The van der Waals surface area contributed by atoms with E-state index < -0.39 is 58.2 Å². The molecule has 1 heterocycles. The zero-order valence-corrected chi connectivity index (χ0v) is 10.7. The number of imidazole rings is 1. The van der Waals surface area contributed by atoms with E-state index in [1.165, 1.54) is 0 Å². The molecule has 23 heavy (non-hydrogen) atoms. The molecule has 122 valence electrons. The van der Waals surface area contributed by atoms with Crippen LogP contribution in [0.3, 0.4) is 0 Å². The van der Waals surface area contributed by atoms with E-state index in [4.69, 9.17) is 0 Å². The van der Waals surface area contributed by atoms with Gasteiger partial charge >= 0.3 is 11.9 Å². The zero-order valence-electron chi connectivity index (χ0n) is 10.7. The summed E-state index contributed by atoms with van der Waals surface area (Å²) in [5.74, 6) is -15.8. The van der Waals surface area contributed by atoms with E-state index in [1.807, 2.05) is 0 Å². The van der Waals surface area contributed by atoms with Crippen LogP contribution in [0.2, 0.25) is 0 Å². The first-order valence-corrected chi connectivity index (χ1v) is 5.61. The molecule has 2 aromatic rings. The molecule has 0 bridgehead atoms. The van der Waals surface area contributed by atoms with Gasteiger partial charge in [-0.3, -0.25) is 0 Å². The van der Waals surface area contributed by atoms with E-state index >= 15 is 0 Å². The maximum absolute atomic E-state index is 13.3. The van der Waals surface area contributed by atoms with Crippen LogP contribution in [0.15, 0.2) is 12.4 Å². The monoisotopic (exact) mass is 337 g/mol. The fourth-order valence-electron chi connectivity index (χ4n) is 1.56. The van der Waals surface area contributed by atoms with Crippen LogP contribution in [0.5, 0.6) is 5.75 Å². The van der Waals surface area contributed by atoms with Crippen LogP contribution in [-0.4, -0.2) is 20.4 Å². The first kappa shape index (κ1) is 16.3. The van der Waals surface area contributed by atoms with Crippen molar-refractivity contribution < 1.29 is 36.4 Å². The molecular weight excluding hydrogens is 333 g/mol. The van der Waals surface area contributed by atoms with Gasteiger partial charge in [-0.1, -0.05) is 4.98 Å². The summed E-state index contributed by atoms with van der Waals surface area (Å²) in [6.07, 6.45) is 1.95. The Balaban J connectivity index is 2.28. The highest BCUT2D eigenvalue weighted by molar-refractivity contribution is 5.72. The van der Waals surface area contributed by atoms with Gasteiger partial charge in [-0.25, -0.2) is 22.5 Å². The lowest BCUT2D eigenvalue weighted by Gasteiger charge is -2.08. The molecule has 1 aromatic heterocycles. The standard InChI is InChI=1S/C11H4F5N3O4/c12-5-6(13)8(15)10(9(16)7(5)14)23-4(20)3-18-2-1-17-11(18)19(21)22/h1-2H,3H2. The Morgan fingerprint density at radius 2 is 1.65 bits per heavy atom. The van der Waals surface area contributed by atoms with Crippen LogP contribution in [0.25, 0.3) is 0 Å². The fraction of sp³-hybridized carbons (Fsp3) is 0.0909. The van der Waals surface area contributed by atoms with Gasteiger partial charge in [-0.15, -0.1) is 0 Å². The fourth-order valence-corrected chi connectivity index (χ4v) is 1.56. The number of esters is 1. The van der Waals surface area contributed by atoms with Crippen LogP contribution >= 0.6 is 0 Å². The smallest absolute Gasteiger partial charge is 0.418 e. The second kappa shape index (κ2) is 5.98. The van der Waals surface area contributed by atoms with Gasteiger partial charge in [0.15, 0.2) is 6.54 Å². The number of halogens is 5. The third-order valence-electron chi connectivity index (χ3n) is 2.54. The maximum Gasteiger partial charge on any atom is 0.435 e. The van der Waals surface area contributed by atoms with Crippen molar-refractivity contribution in [2.24, 2.45) is 0 Å². The van der Waals surface area contributed by atoms with Gasteiger partial charge in [0.25, 0.3) is 0 Å². The molecule has 0 unspecified atom stereocenters. The molecule has 0 fully saturated rings. The van der Waals surface area contributed by atoms with Crippen molar-refractivity contribution in [1.82, 2.24) is 9.55 Å². The third-order valence-corrected chi connectivity index (χ3v) is 2.54. The molecule has 12 heteroatoms. The van der Waals surface area contributed by atoms with Gasteiger partial charge in [-0.2, -0.15) is 8.78 Å². The zero-order chi connectivity index (χ0) is 17.3. The minimum Gasteiger partial charge on any atom is -0.418 e. The molecule has 0 N–H and O–H groups in total. The van der Waals surface area contributed by atoms with E-state index in [1.54, 1.807) is 0 Å². The summed E-state index contributed by atoms with van der Waals surface area (Å²) in [5.41, 5.74) is 0. The lowest BCUT2D eigenvalue weighted by atomic mass is 10.2. The molecule has 0 radical (unpaired) electrons. The minimum absolute atomic E-state index is 0.647. The highest BCUT2D eigenvalue weighted by Crippen LogP contribution is 2.29. The number of nitro groups is 1. The van der Waals surface area contributed by atoms with E-state index in [0.29, 0.717) is 4.57 Å². The highest BCUT2D eigenvalue weighted by atomic mass is 19.2. The number of carbonyl (C=O) groups excluding carboxylic acids is 1. The van der Waals surface area contributed by atoms with Crippen molar-refractivity contribution in [3.8, 4) is 5.75 Å². The van der Waals surface area contributed by atoms with E-state index in [-0.39, 0.29) is 0 Å². The molecule has 0 saturated carbocycles. The molecule has 0 aliphatic heterocycles. The molecular formula is C11H4F5N3O4. The lowest BCUT2D eigenvalue weighted by Crippen LogP contribution is -2.19. The number of ether oxygens (including phenoxy) is 1. The molecule has 0 aliphatic rings. The molecule has 0 spiro atoms. The Morgan fingerprint density at radius 1 is 1.13 bits per heavy atom. The lowest BCUT2D eigenvalue weighted by molar-refractivity contribution is -0.396.